The Morgan fingerprint density at radius 3 is 2.71 bits per heavy atom. The Kier molecular flexibility index (Phi) is 3.98. The molecule has 0 radical (unpaired) electrons. The third-order valence-corrected chi connectivity index (χ3v) is 4.39. The summed E-state index contributed by atoms with van der Waals surface area (Å²) < 4.78 is 0. The molecule has 3 rings (SSSR count). The highest BCUT2D eigenvalue weighted by Gasteiger charge is 2.50. The number of carbonyl (C=O) groups is 3. The van der Waals surface area contributed by atoms with Crippen LogP contribution < -0.4 is 5.32 Å². The lowest BCUT2D eigenvalue weighted by atomic mass is 10.0. The molecule has 1 aromatic heterocycles. The summed E-state index contributed by atoms with van der Waals surface area (Å²) in [5.41, 5.74) is -0.224. The van der Waals surface area contributed by atoms with E-state index in [0.717, 1.165) is 17.0 Å². The van der Waals surface area contributed by atoms with Crippen LogP contribution in [0.2, 0.25) is 0 Å². The first-order valence-corrected chi connectivity index (χ1v) is 8.03. The van der Waals surface area contributed by atoms with Crippen molar-refractivity contribution in [3.05, 3.63) is 23.8 Å². The smallest absolute Gasteiger partial charge is 0.325 e. The van der Waals surface area contributed by atoms with Crippen LogP contribution in [0.5, 0.6) is 0 Å². The molecule has 2 saturated heterocycles. The van der Waals surface area contributed by atoms with E-state index in [1.54, 1.807) is 37.9 Å². The minimum absolute atomic E-state index is 0.210. The van der Waals surface area contributed by atoms with Crippen LogP contribution >= 0.6 is 0 Å². The number of rotatable bonds is 3. The molecule has 3 heterocycles. The first-order valence-electron chi connectivity index (χ1n) is 8.03. The number of nitrogens with zero attached hydrogens (tertiary/aromatic N) is 4. The van der Waals surface area contributed by atoms with Gasteiger partial charge >= 0.3 is 6.03 Å². The summed E-state index contributed by atoms with van der Waals surface area (Å²) in [5.74, 6) is 0.0775. The summed E-state index contributed by atoms with van der Waals surface area (Å²) in [5, 5.41) is 2.63. The maximum absolute atomic E-state index is 12.8. The van der Waals surface area contributed by atoms with Gasteiger partial charge in [-0.1, -0.05) is 0 Å². The summed E-state index contributed by atoms with van der Waals surface area (Å²) >= 11 is 0. The monoisotopic (exact) mass is 331 g/mol. The van der Waals surface area contributed by atoms with Gasteiger partial charge in [-0.15, -0.1) is 0 Å². The van der Waals surface area contributed by atoms with E-state index in [-0.39, 0.29) is 11.8 Å². The Balaban J connectivity index is 1.78. The summed E-state index contributed by atoms with van der Waals surface area (Å²) in [6.07, 6.45) is 2.88. The molecule has 1 aromatic rings. The van der Waals surface area contributed by atoms with Crippen molar-refractivity contribution in [2.75, 3.05) is 6.54 Å². The van der Waals surface area contributed by atoms with Gasteiger partial charge in [0.05, 0.1) is 12.2 Å². The third kappa shape index (κ3) is 2.83. The predicted octanol–water partition coefficient (Wildman–Crippen LogP) is 0.606. The average molecular weight is 331 g/mol. The molecule has 8 nitrogen and oxygen atoms in total. The van der Waals surface area contributed by atoms with Crippen molar-refractivity contribution >= 4 is 17.8 Å². The van der Waals surface area contributed by atoms with Gasteiger partial charge in [-0.3, -0.25) is 9.59 Å². The Morgan fingerprint density at radius 1 is 1.33 bits per heavy atom. The van der Waals surface area contributed by atoms with E-state index in [1.807, 2.05) is 0 Å². The van der Waals surface area contributed by atoms with Crippen molar-refractivity contribution in [2.24, 2.45) is 0 Å². The van der Waals surface area contributed by atoms with Crippen molar-refractivity contribution in [1.29, 1.82) is 0 Å². The zero-order valence-electron chi connectivity index (χ0n) is 14.1. The van der Waals surface area contributed by atoms with Crippen molar-refractivity contribution in [1.82, 2.24) is 25.1 Å². The zero-order valence-corrected chi connectivity index (χ0v) is 14.1. The highest BCUT2D eigenvalue weighted by Crippen LogP contribution is 2.25. The van der Waals surface area contributed by atoms with Gasteiger partial charge in [0, 0.05) is 12.7 Å². The summed E-state index contributed by atoms with van der Waals surface area (Å²) in [7, 11) is 0. The number of carbonyl (C=O) groups excluding carboxylic acids is 3. The van der Waals surface area contributed by atoms with Gasteiger partial charge in [0.15, 0.2) is 0 Å². The summed E-state index contributed by atoms with van der Waals surface area (Å²) in [4.78, 5) is 48.5. The van der Waals surface area contributed by atoms with Crippen LogP contribution in [-0.2, 0) is 16.1 Å². The summed E-state index contributed by atoms with van der Waals surface area (Å²) in [6.45, 7) is 6.01. The third-order valence-electron chi connectivity index (χ3n) is 4.39. The lowest BCUT2D eigenvalue weighted by Gasteiger charge is -2.35. The number of aryl methyl sites for hydroxylation is 1. The van der Waals surface area contributed by atoms with Gasteiger partial charge in [0.2, 0.25) is 5.91 Å². The van der Waals surface area contributed by atoms with Crippen LogP contribution in [0, 0.1) is 6.92 Å². The molecule has 2 aliphatic heterocycles. The molecule has 0 spiro atoms. The first kappa shape index (κ1) is 16.4. The number of imide groups is 1. The number of likely N-dealkylation sites (tertiary alicyclic amines) is 1. The predicted molar refractivity (Wildman–Crippen MR) is 84.7 cm³/mol. The fourth-order valence-corrected chi connectivity index (χ4v) is 3.16. The fraction of sp³-hybridized carbons (Fsp3) is 0.562. The number of hydrogen-bond acceptors (Lipinski definition) is 5. The number of amides is 4. The second kappa shape index (κ2) is 5.85. The van der Waals surface area contributed by atoms with Crippen molar-refractivity contribution in [3.8, 4) is 0 Å². The maximum Gasteiger partial charge on any atom is 0.325 e. The normalized spacial score (nSPS) is 23.6. The molecule has 2 aliphatic rings. The van der Waals surface area contributed by atoms with Gasteiger partial charge < -0.3 is 10.2 Å². The molecule has 1 N–H and O–H groups in total. The van der Waals surface area contributed by atoms with Gasteiger partial charge in [-0.2, -0.15) is 0 Å². The van der Waals surface area contributed by atoms with E-state index in [9.17, 15) is 14.4 Å². The number of urea groups is 1. The largest absolute Gasteiger partial charge is 0.335 e. The molecule has 0 bridgehead atoms. The second-order valence-electron chi connectivity index (χ2n) is 6.74. The summed E-state index contributed by atoms with van der Waals surface area (Å²) in [6, 6.07) is 0.528. The molecule has 8 heteroatoms. The fourth-order valence-electron chi connectivity index (χ4n) is 3.16. The molecular formula is C16H21N5O3. The standard InChI is InChI=1S/C16H21N5O3/c1-10-17-7-6-11(18-10)9-20-8-4-5-12(13(20)22)21-14(23)16(2,3)19-15(21)24/h6-7,12H,4-5,8-9H2,1-3H3,(H,19,24). The molecule has 0 aromatic carbocycles. The van der Waals surface area contributed by atoms with Crippen molar-refractivity contribution < 1.29 is 14.4 Å². The van der Waals surface area contributed by atoms with E-state index in [1.165, 1.54) is 0 Å². The topological polar surface area (TPSA) is 95.5 Å². The van der Waals surface area contributed by atoms with Crippen LogP contribution in [0.15, 0.2) is 12.3 Å². The highest BCUT2D eigenvalue weighted by molar-refractivity contribution is 6.09. The highest BCUT2D eigenvalue weighted by atomic mass is 16.2. The first-order chi connectivity index (χ1) is 11.3. The number of hydrogen-bond donors (Lipinski definition) is 1. The van der Waals surface area contributed by atoms with Crippen molar-refractivity contribution in [3.63, 3.8) is 0 Å². The average Bonchev–Trinajstić information content (AvgIpc) is 2.70. The maximum atomic E-state index is 12.8. The van der Waals surface area contributed by atoms with E-state index < -0.39 is 17.6 Å². The molecular weight excluding hydrogens is 310 g/mol. The molecule has 4 amide bonds. The Labute approximate surface area is 140 Å². The van der Waals surface area contributed by atoms with E-state index >= 15 is 0 Å². The van der Waals surface area contributed by atoms with Crippen LogP contribution in [0.1, 0.15) is 38.2 Å². The number of aromatic nitrogens is 2. The minimum Gasteiger partial charge on any atom is -0.335 e. The molecule has 24 heavy (non-hydrogen) atoms. The second-order valence-corrected chi connectivity index (χ2v) is 6.74. The number of piperidine rings is 1. The van der Waals surface area contributed by atoms with Crippen molar-refractivity contribution in [2.45, 2.75) is 51.7 Å². The van der Waals surface area contributed by atoms with Gasteiger partial charge in [-0.25, -0.2) is 19.7 Å². The van der Waals surface area contributed by atoms with Crippen LogP contribution in [0.3, 0.4) is 0 Å². The lowest BCUT2D eigenvalue weighted by Crippen LogP contribution is -2.54. The molecule has 2 fully saturated rings. The van der Waals surface area contributed by atoms with Crippen LogP contribution in [-0.4, -0.2) is 55.7 Å². The van der Waals surface area contributed by atoms with E-state index in [4.69, 9.17) is 0 Å². The Bertz CT molecular complexity index is 703. The molecule has 0 aliphatic carbocycles. The minimum atomic E-state index is -0.969. The van der Waals surface area contributed by atoms with E-state index in [0.29, 0.717) is 25.3 Å². The quantitative estimate of drug-likeness (QED) is 0.819. The Morgan fingerprint density at radius 2 is 2.08 bits per heavy atom. The molecule has 0 saturated carbocycles. The van der Waals surface area contributed by atoms with Gasteiger partial charge in [0.1, 0.15) is 17.4 Å². The SMILES string of the molecule is Cc1nccc(CN2CCCC(N3C(=O)NC(C)(C)C3=O)C2=O)n1. The zero-order chi connectivity index (χ0) is 17.5. The lowest BCUT2D eigenvalue weighted by molar-refractivity contribution is -0.146. The van der Waals surface area contributed by atoms with E-state index in [2.05, 4.69) is 15.3 Å². The molecule has 1 atom stereocenters. The van der Waals surface area contributed by atoms with Gasteiger partial charge in [0.25, 0.3) is 5.91 Å². The Hall–Kier alpha value is -2.51. The van der Waals surface area contributed by atoms with Crippen LogP contribution in [0.25, 0.3) is 0 Å². The number of nitrogens with one attached hydrogen (secondary N) is 1. The van der Waals surface area contributed by atoms with Crippen LogP contribution in [0.4, 0.5) is 4.79 Å². The molecule has 128 valence electrons. The molecule has 1 unspecified atom stereocenters. The van der Waals surface area contributed by atoms with Gasteiger partial charge in [-0.05, 0) is 39.7 Å².